The normalized spacial score (nSPS) is 12.5. The minimum Gasteiger partial charge on any atom is -0.348 e. The molecule has 3 heterocycles. The maximum absolute atomic E-state index is 11.9. The lowest BCUT2D eigenvalue weighted by atomic mass is 10.2. The Hall–Kier alpha value is -2.70. The minimum atomic E-state index is -0.209. The van der Waals surface area contributed by atoms with Crippen molar-refractivity contribution in [2.24, 2.45) is 7.05 Å². The predicted octanol–water partition coefficient (Wildman–Crippen LogP) is 1.22. The van der Waals surface area contributed by atoms with Crippen LogP contribution in [0.15, 0.2) is 35.4 Å². The van der Waals surface area contributed by atoms with Gasteiger partial charge in [0.1, 0.15) is 5.39 Å². The molecule has 0 radical (unpaired) electrons. The summed E-state index contributed by atoms with van der Waals surface area (Å²) in [6, 6.07) is 5.63. The lowest BCUT2D eigenvalue weighted by molar-refractivity contribution is 0.780. The highest BCUT2D eigenvalue weighted by atomic mass is 16.1. The van der Waals surface area contributed by atoms with Crippen LogP contribution in [0, 0.1) is 0 Å². The highest BCUT2D eigenvalue weighted by molar-refractivity contribution is 5.74. The average molecular weight is 270 g/mol. The van der Waals surface area contributed by atoms with Gasteiger partial charge < -0.3 is 5.32 Å². The molecule has 3 rings (SSSR count). The lowest BCUT2D eigenvalue weighted by Gasteiger charge is -2.13. The Balaban J connectivity index is 1.95. The summed E-state index contributed by atoms with van der Waals surface area (Å²) in [7, 11) is 1.75. The number of H-pyrrole nitrogens is 1. The third-order valence-corrected chi connectivity index (χ3v) is 3.09. The van der Waals surface area contributed by atoms with Crippen LogP contribution in [0.2, 0.25) is 0 Å². The number of nitrogens with zero attached hydrogens (tertiary/aromatic N) is 4. The largest absolute Gasteiger partial charge is 0.348 e. The summed E-state index contributed by atoms with van der Waals surface area (Å²) in [6.07, 6.45) is 3.24. The number of rotatable bonds is 3. The molecule has 0 aliphatic rings. The van der Waals surface area contributed by atoms with Gasteiger partial charge >= 0.3 is 0 Å². The first kappa shape index (κ1) is 12.3. The van der Waals surface area contributed by atoms with Gasteiger partial charge in [-0.1, -0.05) is 6.07 Å². The van der Waals surface area contributed by atoms with E-state index in [0.717, 1.165) is 5.69 Å². The summed E-state index contributed by atoms with van der Waals surface area (Å²) >= 11 is 0. The Labute approximate surface area is 114 Å². The predicted molar refractivity (Wildman–Crippen MR) is 75.4 cm³/mol. The maximum Gasteiger partial charge on any atom is 0.263 e. The van der Waals surface area contributed by atoms with Crippen molar-refractivity contribution in [3.8, 4) is 0 Å². The van der Waals surface area contributed by atoms with Crippen molar-refractivity contribution in [2.75, 3.05) is 5.32 Å². The second kappa shape index (κ2) is 4.76. The molecule has 0 aliphatic carbocycles. The van der Waals surface area contributed by atoms with Crippen molar-refractivity contribution in [3.05, 3.63) is 46.6 Å². The number of aryl methyl sites for hydroxylation is 1. The number of fused-ring (bicyclic) bond motifs is 1. The van der Waals surface area contributed by atoms with Crippen LogP contribution in [0.25, 0.3) is 11.0 Å². The zero-order chi connectivity index (χ0) is 14.1. The molecule has 2 N–H and O–H groups in total. The van der Waals surface area contributed by atoms with Crippen LogP contribution in [0.3, 0.4) is 0 Å². The van der Waals surface area contributed by atoms with E-state index in [0.29, 0.717) is 17.0 Å². The Bertz CT molecular complexity index is 791. The fraction of sp³-hybridized carbons (Fsp3) is 0.231. The summed E-state index contributed by atoms with van der Waals surface area (Å²) in [5.74, 6) is 0.407. The number of aromatic nitrogens is 5. The molecule has 3 aromatic heterocycles. The Morgan fingerprint density at radius 1 is 1.40 bits per heavy atom. The van der Waals surface area contributed by atoms with Gasteiger partial charge in [0.25, 0.3) is 5.56 Å². The fourth-order valence-corrected chi connectivity index (χ4v) is 2.01. The molecule has 0 bridgehead atoms. The molecule has 3 aromatic rings. The second-order valence-corrected chi connectivity index (χ2v) is 4.54. The van der Waals surface area contributed by atoms with Gasteiger partial charge in [-0.25, -0.2) is 0 Å². The van der Waals surface area contributed by atoms with Crippen molar-refractivity contribution in [3.63, 3.8) is 0 Å². The van der Waals surface area contributed by atoms with Crippen LogP contribution >= 0.6 is 0 Å². The van der Waals surface area contributed by atoms with Crippen LogP contribution in [-0.4, -0.2) is 24.7 Å². The summed E-state index contributed by atoms with van der Waals surface area (Å²) in [4.78, 5) is 23.3. The number of nitrogens with one attached hydrogen (secondary N) is 2. The number of hydrogen-bond donors (Lipinski definition) is 2. The monoisotopic (exact) mass is 270 g/mol. The first-order chi connectivity index (χ1) is 9.65. The molecule has 0 aromatic carbocycles. The van der Waals surface area contributed by atoms with Crippen molar-refractivity contribution in [1.82, 2.24) is 24.7 Å². The van der Waals surface area contributed by atoms with Gasteiger partial charge in [0, 0.05) is 13.2 Å². The molecule has 7 nitrogen and oxygen atoms in total. The van der Waals surface area contributed by atoms with Crippen LogP contribution in [0.4, 0.5) is 5.95 Å². The zero-order valence-electron chi connectivity index (χ0n) is 11.2. The van der Waals surface area contributed by atoms with Crippen LogP contribution in [0.5, 0.6) is 0 Å². The smallest absolute Gasteiger partial charge is 0.263 e. The van der Waals surface area contributed by atoms with Crippen LogP contribution < -0.4 is 10.9 Å². The van der Waals surface area contributed by atoms with E-state index in [2.05, 4.69) is 25.4 Å². The minimum absolute atomic E-state index is 0.0648. The molecule has 7 heteroatoms. The Morgan fingerprint density at radius 2 is 2.25 bits per heavy atom. The fourth-order valence-electron chi connectivity index (χ4n) is 2.01. The van der Waals surface area contributed by atoms with Crippen molar-refractivity contribution in [1.29, 1.82) is 0 Å². The highest BCUT2D eigenvalue weighted by Gasteiger charge is 2.11. The molecule has 102 valence electrons. The summed E-state index contributed by atoms with van der Waals surface area (Å²) in [5.41, 5.74) is 1.21. The average Bonchev–Trinajstić information content (AvgIpc) is 2.82. The van der Waals surface area contributed by atoms with E-state index in [4.69, 9.17) is 0 Å². The van der Waals surface area contributed by atoms with Gasteiger partial charge in [0.2, 0.25) is 5.95 Å². The Kier molecular flexibility index (Phi) is 2.94. The molecule has 0 amide bonds. The van der Waals surface area contributed by atoms with Crippen molar-refractivity contribution < 1.29 is 0 Å². The van der Waals surface area contributed by atoms with Gasteiger partial charge in [-0.3, -0.25) is 19.4 Å². The standard InChI is InChI=1S/C13H14N6O/c1-8(10-5-3-4-6-14-10)16-13-17-11-9(12(20)18-13)7-15-19(11)2/h3-8H,1-2H3,(H2,16,17,18,20)/t8-/m0/s1. The first-order valence-electron chi connectivity index (χ1n) is 6.24. The lowest BCUT2D eigenvalue weighted by Crippen LogP contribution is -2.16. The maximum atomic E-state index is 11.9. The molecule has 0 spiro atoms. The van der Waals surface area contributed by atoms with Gasteiger partial charge in [0.05, 0.1) is 17.9 Å². The van der Waals surface area contributed by atoms with Crippen molar-refractivity contribution in [2.45, 2.75) is 13.0 Å². The third-order valence-electron chi connectivity index (χ3n) is 3.09. The zero-order valence-corrected chi connectivity index (χ0v) is 11.2. The third kappa shape index (κ3) is 2.13. The van der Waals surface area contributed by atoms with Gasteiger partial charge in [-0.05, 0) is 19.1 Å². The number of anilines is 1. The van der Waals surface area contributed by atoms with Gasteiger partial charge in [-0.15, -0.1) is 0 Å². The second-order valence-electron chi connectivity index (χ2n) is 4.54. The number of aromatic amines is 1. The summed E-state index contributed by atoms with van der Waals surface area (Å²) in [6.45, 7) is 1.95. The van der Waals surface area contributed by atoms with E-state index < -0.39 is 0 Å². The Morgan fingerprint density at radius 3 is 3.00 bits per heavy atom. The summed E-state index contributed by atoms with van der Waals surface area (Å²) < 4.78 is 1.57. The van der Waals surface area contributed by atoms with E-state index in [1.807, 2.05) is 25.1 Å². The van der Waals surface area contributed by atoms with Gasteiger partial charge in [0.15, 0.2) is 5.65 Å². The molecule has 0 saturated heterocycles. The van der Waals surface area contributed by atoms with E-state index in [-0.39, 0.29) is 11.6 Å². The van der Waals surface area contributed by atoms with E-state index in [1.54, 1.807) is 17.9 Å². The molecular formula is C13H14N6O. The van der Waals surface area contributed by atoms with E-state index in [9.17, 15) is 4.79 Å². The summed E-state index contributed by atoms with van der Waals surface area (Å²) in [5, 5.41) is 7.64. The molecule has 0 unspecified atom stereocenters. The molecule has 1 atom stereocenters. The topological polar surface area (TPSA) is 88.5 Å². The van der Waals surface area contributed by atoms with E-state index in [1.165, 1.54) is 6.20 Å². The quantitative estimate of drug-likeness (QED) is 0.747. The number of hydrogen-bond acceptors (Lipinski definition) is 5. The molecule has 0 fully saturated rings. The van der Waals surface area contributed by atoms with Gasteiger partial charge in [-0.2, -0.15) is 10.1 Å². The van der Waals surface area contributed by atoms with Crippen LogP contribution in [-0.2, 0) is 7.05 Å². The van der Waals surface area contributed by atoms with E-state index >= 15 is 0 Å². The molecule has 0 aliphatic heterocycles. The van der Waals surface area contributed by atoms with Crippen LogP contribution in [0.1, 0.15) is 18.7 Å². The molecule has 0 saturated carbocycles. The van der Waals surface area contributed by atoms with Crippen molar-refractivity contribution >= 4 is 17.0 Å². The SMILES string of the molecule is C[C@H](Nc1nc2c(cnn2C)c(=O)[nH]1)c1ccccn1. The number of pyridine rings is 1. The molecule has 20 heavy (non-hydrogen) atoms. The molecular weight excluding hydrogens is 256 g/mol. The first-order valence-corrected chi connectivity index (χ1v) is 6.24. The highest BCUT2D eigenvalue weighted by Crippen LogP contribution is 2.14.